The van der Waals surface area contributed by atoms with Gasteiger partial charge in [0.1, 0.15) is 11.2 Å². The summed E-state index contributed by atoms with van der Waals surface area (Å²) in [4.78, 5) is 2.48. The lowest BCUT2D eigenvalue weighted by molar-refractivity contribution is 0.669. The second-order valence-electron chi connectivity index (χ2n) is 17.9. The van der Waals surface area contributed by atoms with Crippen LogP contribution in [0.3, 0.4) is 0 Å². The van der Waals surface area contributed by atoms with Gasteiger partial charge in [0.25, 0.3) is 0 Å². The standard InChI is InChI=1S/C65H41NO/c1-2-18-50-44(14-1)15-12-23-51(50)45-32-30-42(31-33-45)43-34-37-48(38-35-43)66(49-17-11-16-46(40-49)47-36-39-63-56(41-47)54-21-6-10-29-62(54)67-63)61-28-13-27-60-64(61)55-22-5-9-26-59(55)65(60)57-24-7-3-19-52(57)53-20-4-8-25-58(53)65/h1-41H. The van der Waals surface area contributed by atoms with Crippen LogP contribution in [0.1, 0.15) is 22.3 Å². The molecule has 11 aromatic carbocycles. The summed E-state index contributed by atoms with van der Waals surface area (Å²) in [7, 11) is 0. The summed E-state index contributed by atoms with van der Waals surface area (Å²) < 4.78 is 6.25. The molecule has 14 rings (SSSR count). The minimum absolute atomic E-state index is 0.451. The van der Waals surface area contributed by atoms with E-state index in [1.807, 2.05) is 12.1 Å². The van der Waals surface area contributed by atoms with Gasteiger partial charge >= 0.3 is 0 Å². The molecule has 0 bridgehead atoms. The fourth-order valence-electron chi connectivity index (χ4n) is 11.6. The lowest BCUT2D eigenvalue weighted by Crippen LogP contribution is -2.26. The van der Waals surface area contributed by atoms with Gasteiger partial charge in [0.15, 0.2) is 0 Å². The van der Waals surface area contributed by atoms with E-state index in [2.05, 4.69) is 241 Å². The summed E-state index contributed by atoms with van der Waals surface area (Å²) in [5.74, 6) is 0. The van der Waals surface area contributed by atoms with Crippen molar-refractivity contribution in [1.29, 1.82) is 0 Å². The molecular weight excluding hydrogens is 811 g/mol. The van der Waals surface area contributed by atoms with Crippen LogP contribution in [0.15, 0.2) is 253 Å². The molecule has 0 amide bonds. The van der Waals surface area contributed by atoms with Crippen molar-refractivity contribution in [1.82, 2.24) is 0 Å². The third kappa shape index (κ3) is 5.57. The predicted molar refractivity (Wildman–Crippen MR) is 279 cm³/mol. The molecular formula is C65H41NO. The Labute approximate surface area is 389 Å². The van der Waals surface area contributed by atoms with Crippen molar-refractivity contribution in [3.05, 3.63) is 271 Å². The summed E-state index contributed by atoms with van der Waals surface area (Å²) in [6.45, 7) is 0. The zero-order chi connectivity index (χ0) is 44.1. The van der Waals surface area contributed by atoms with E-state index in [1.54, 1.807) is 0 Å². The minimum atomic E-state index is -0.451. The molecule has 0 unspecified atom stereocenters. The third-order valence-corrected chi connectivity index (χ3v) is 14.5. The Bertz CT molecular complexity index is 3880. The molecule has 2 aliphatic carbocycles. The number of hydrogen-bond donors (Lipinski definition) is 0. The van der Waals surface area contributed by atoms with Gasteiger partial charge in [-0.15, -0.1) is 0 Å². The van der Waals surface area contributed by atoms with Gasteiger partial charge in [-0.25, -0.2) is 0 Å². The number of nitrogens with zero attached hydrogens (tertiary/aromatic N) is 1. The SMILES string of the molecule is c1cc(-c2ccc3oc4ccccc4c3c2)cc(N(c2ccc(-c3ccc(-c4cccc5ccccc45)cc3)cc2)c2cccc3c2-c2ccccc2C32c3ccccc3-c3ccccc32)c1. The Balaban J connectivity index is 0.941. The van der Waals surface area contributed by atoms with Crippen LogP contribution in [-0.2, 0) is 5.41 Å². The van der Waals surface area contributed by atoms with Gasteiger partial charge in [-0.2, -0.15) is 0 Å². The maximum Gasteiger partial charge on any atom is 0.135 e. The molecule has 2 aliphatic rings. The molecule has 2 nitrogen and oxygen atoms in total. The molecule has 12 aromatic rings. The van der Waals surface area contributed by atoms with Crippen LogP contribution in [0.5, 0.6) is 0 Å². The van der Waals surface area contributed by atoms with E-state index in [1.165, 1.54) is 77.5 Å². The maximum absolute atomic E-state index is 6.25. The zero-order valence-electron chi connectivity index (χ0n) is 36.5. The second-order valence-corrected chi connectivity index (χ2v) is 17.9. The van der Waals surface area contributed by atoms with Crippen molar-refractivity contribution in [3.63, 3.8) is 0 Å². The average Bonchev–Trinajstić information content (AvgIpc) is 4.03. The molecule has 0 saturated heterocycles. The normalized spacial score (nSPS) is 12.9. The quantitative estimate of drug-likeness (QED) is 0.166. The molecule has 2 heteroatoms. The van der Waals surface area contributed by atoms with E-state index in [9.17, 15) is 0 Å². The Morgan fingerprint density at radius 2 is 0.821 bits per heavy atom. The van der Waals surface area contributed by atoms with Crippen molar-refractivity contribution >= 4 is 49.8 Å². The molecule has 0 aliphatic heterocycles. The first-order valence-corrected chi connectivity index (χ1v) is 23.2. The van der Waals surface area contributed by atoms with Crippen LogP contribution in [0.2, 0.25) is 0 Å². The van der Waals surface area contributed by atoms with E-state index in [-0.39, 0.29) is 0 Å². The smallest absolute Gasteiger partial charge is 0.135 e. The number of rotatable bonds is 6. The van der Waals surface area contributed by atoms with Crippen molar-refractivity contribution in [2.24, 2.45) is 0 Å². The summed E-state index contributed by atoms with van der Waals surface area (Å²) in [6.07, 6.45) is 0. The maximum atomic E-state index is 6.25. The van der Waals surface area contributed by atoms with Crippen molar-refractivity contribution in [2.75, 3.05) is 4.90 Å². The van der Waals surface area contributed by atoms with Gasteiger partial charge in [0.2, 0.25) is 0 Å². The Morgan fingerprint density at radius 3 is 1.60 bits per heavy atom. The lowest BCUT2D eigenvalue weighted by Gasteiger charge is -2.32. The first-order valence-electron chi connectivity index (χ1n) is 23.2. The van der Waals surface area contributed by atoms with Gasteiger partial charge in [0, 0.05) is 27.7 Å². The molecule has 1 aromatic heterocycles. The number of furan rings is 1. The first kappa shape index (κ1) is 37.6. The van der Waals surface area contributed by atoms with E-state index >= 15 is 0 Å². The number of hydrogen-bond acceptors (Lipinski definition) is 2. The predicted octanol–water partition coefficient (Wildman–Crippen LogP) is 17.6. The van der Waals surface area contributed by atoms with E-state index in [0.717, 1.165) is 50.1 Å². The zero-order valence-corrected chi connectivity index (χ0v) is 36.5. The fraction of sp³-hybridized carbons (Fsp3) is 0.0154. The summed E-state index contributed by atoms with van der Waals surface area (Å²) in [5.41, 5.74) is 22.2. The highest BCUT2D eigenvalue weighted by atomic mass is 16.3. The van der Waals surface area contributed by atoms with Gasteiger partial charge in [-0.3, -0.25) is 0 Å². The fourth-order valence-corrected chi connectivity index (χ4v) is 11.6. The molecule has 0 N–H and O–H groups in total. The molecule has 1 heterocycles. The highest BCUT2D eigenvalue weighted by Crippen LogP contribution is 2.64. The molecule has 1 spiro atoms. The Kier molecular flexibility index (Phi) is 8.23. The van der Waals surface area contributed by atoms with Crippen molar-refractivity contribution in [3.8, 4) is 55.6 Å². The van der Waals surface area contributed by atoms with Crippen molar-refractivity contribution < 1.29 is 4.42 Å². The first-order chi connectivity index (χ1) is 33.2. The molecule has 0 radical (unpaired) electrons. The topological polar surface area (TPSA) is 16.4 Å². The highest BCUT2D eigenvalue weighted by molar-refractivity contribution is 6.07. The average molecular weight is 852 g/mol. The van der Waals surface area contributed by atoms with Crippen LogP contribution < -0.4 is 4.90 Å². The molecule has 312 valence electrons. The van der Waals surface area contributed by atoms with Crippen LogP contribution in [0.25, 0.3) is 88.3 Å². The third-order valence-electron chi connectivity index (χ3n) is 14.5. The van der Waals surface area contributed by atoms with Gasteiger partial charge in [-0.05, 0) is 132 Å². The van der Waals surface area contributed by atoms with Crippen LogP contribution in [-0.4, -0.2) is 0 Å². The van der Waals surface area contributed by atoms with Gasteiger partial charge in [-0.1, -0.05) is 200 Å². The number of para-hydroxylation sites is 1. The molecule has 67 heavy (non-hydrogen) atoms. The number of fused-ring (bicyclic) bond motifs is 14. The van der Waals surface area contributed by atoms with E-state index in [0.29, 0.717) is 0 Å². The minimum Gasteiger partial charge on any atom is -0.456 e. The monoisotopic (exact) mass is 851 g/mol. The Morgan fingerprint density at radius 1 is 0.299 bits per heavy atom. The summed E-state index contributed by atoms with van der Waals surface area (Å²) in [6, 6.07) is 91.4. The van der Waals surface area contributed by atoms with E-state index in [4.69, 9.17) is 4.42 Å². The summed E-state index contributed by atoms with van der Waals surface area (Å²) >= 11 is 0. The van der Waals surface area contributed by atoms with E-state index < -0.39 is 5.41 Å². The number of anilines is 3. The molecule has 0 saturated carbocycles. The van der Waals surface area contributed by atoms with Gasteiger partial charge < -0.3 is 9.32 Å². The molecule has 0 atom stereocenters. The van der Waals surface area contributed by atoms with Crippen LogP contribution in [0, 0.1) is 0 Å². The highest BCUT2D eigenvalue weighted by Gasteiger charge is 2.52. The van der Waals surface area contributed by atoms with Crippen LogP contribution >= 0.6 is 0 Å². The van der Waals surface area contributed by atoms with Crippen molar-refractivity contribution in [2.45, 2.75) is 5.41 Å². The molecule has 0 fully saturated rings. The summed E-state index contributed by atoms with van der Waals surface area (Å²) in [5, 5.41) is 4.77. The number of benzene rings is 11. The lowest BCUT2D eigenvalue weighted by atomic mass is 9.70. The largest absolute Gasteiger partial charge is 0.456 e. The Hall–Kier alpha value is -8.72. The second kappa shape index (κ2) is 14.7. The van der Waals surface area contributed by atoms with Crippen LogP contribution in [0.4, 0.5) is 17.1 Å². The van der Waals surface area contributed by atoms with Gasteiger partial charge in [0.05, 0.1) is 11.1 Å².